The predicted octanol–water partition coefficient (Wildman–Crippen LogP) is 2.94. The van der Waals surface area contributed by atoms with Crippen molar-refractivity contribution in [1.29, 1.82) is 0 Å². The maximum atomic E-state index is 14.3. The highest BCUT2D eigenvalue weighted by molar-refractivity contribution is 5.98. The molecule has 3 aliphatic rings. The van der Waals surface area contributed by atoms with E-state index >= 15 is 0 Å². The number of aromatic nitrogens is 2. The number of nitrogens with zero attached hydrogens (tertiary/aromatic N) is 6. The second kappa shape index (κ2) is 11.6. The van der Waals surface area contributed by atoms with E-state index in [-0.39, 0.29) is 18.0 Å². The molecule has 1 aromatic heterocycles. The molecule has 0 spiro atoms. The number of hydrogen-bond donors (Lipinski definition) is 1. The Labute approximate surface area is 217 Å². The number of aliphatic imine (C=N–C) groups is 1. The molecule has 9 nitrogen and oxygen atoms in total. The number of benzene rings is 1. The van der Waals surface area contributed by atoms with Crippen LogP contribution in [0.15, 0.2) is 35.3 Å². The van der Waals surface area contributed by atoms with Crippen LogP contribution in [0.3, 0.4) is 0 Å². The van der Waals surface area contributed by atoms with Crippen LogP contribution >= 0.6 is 0 Å². The molecule has 2 unspecified atom stereocenters. The van der Waals surface area contributed by atoms with Crippen LogP contribution < -0.4 is 10.2 Å². The Morgan fingerprint density at radius 1 is 1.22 bits per heavy atom. The zero-order valence-electron chi connectivity index (χ0n) is 21.7. The molecule has 0 bridgehead atoms. The summed E-state index contributed by atoms with van der Waals surface area (Å²) in [6.45, 7) is 5.03. The van der Waals surface area contributed by atoms with Gasteiger partial charge in [-0.05, 0) is 70.1 Å². The number of hydrogen-bond acceptors (Lipinski definition) is 8. The highest BCUT2D eigenvalue weighted by atomic mass is 19.1. The van der Waals surface area contributed by atoms with Gasteiger partial charge in [0.25, 0.3) is 5.91 Å². The quantitative estimate of drug-likeness (QED) is 0.575. The van der Waals surface area contributed by atoms with Gasteiger partial charge in [-0.2, -0.15) is 4.39 Å². The Balaban J connectivity index is 1.53. The van der Waals surface area contributed by atoms with Crippen LogP contribution in [-0.4, -0.2) is 98.0 Å². The lowest BCUT2D eigenvalue weighted by molar-refractivity contribution is 0.0951. The van der Waals surface area contributed by atoms with Gasteiger partial charge in [-0.25, -0.2) is 9.98 Å². The van der Waals surface area contributed by atoms with Crippen LogP contribution in [0.2, 0.25) is 0 Å². The minimum atomic E-state index is -0.429. The van der Waals surface area contributed by atoms with E-state index in [4.69, 9.17) is 14.7 Å². The van der Waals surface area contributed by atoms with Gasteiger partial charge in [0.2, 0.25) is 5.95 Å². The summed E-state index contributed by atoms with van der Waals surface area (Å²) in [4.78, 5) is 33.4. The van der Waals surface area contributed by atoms with Gasteiger partial charge in [0.05, 0.1) is 30.4 Å². The van der Waals surface area contributed by atoms with Crippen molar-refractivity contribution in [2.75, 3.05) is 64.9 Å². The molecule has 1 N–H and O–H groups in total. The average molecular weight is 510 g/mol. The van der Waals surface area contributed by atoms with Gasteiger partial charge in [-0.3, -0.25) is 14.7 Å². The summed E-state index contributed by atoms with van der Waals surface area (Å²) >= 11 is 0. The Bertz CT molecular complexity index is 1180. The summed E-state index contributed by atoms with van der Waals surface area (Å²) in [5, 5.41) is 3.02. The number of nitrogens with one attached hydrogen (secondary N) is 1. The zero-order valence-corrected chi connectivity index (χ0v) is 21.7. The van der Waals surface area contributed by atoms with Crippen molar-refractivity contribution in [2.45, 2.75) is 37.8 Å². The molecule has 2 aromatic rings. The van der Waals surface area contributed by atoms with E-state index in [1.165, 1.54) is 0 Å². The third-order valence-electron chi connectivity index (χ3n) is 7.32. The summed E-state index contributed by atoms with van der Waals surface area (Å²) in [5.41, 5.74) is 3.06. The number of ether oxygens (including phenoxy) is 1. The maximum absolute atomic E-state index is 14.3. The number of carbonyl (C=O) groups is 1. The number of anilines is 1. The fourth-order valence-electron chi connectivity index (χ4n) is 5.42. The molecule has 0 radical (unpaired) electrons. The van der Waals surface area contributed by atoms with Crippen molar-refractivity contribution >= 4 is 29.0 Å². The second-order valence-corrected chi connectivity index (χ2v) is 10.2. The minimum Gasteiger partial charge on any atom is -0.378 e. The van der Waals surface area contributed by atoms with Crippen molar-refractivity contribution in [1.82, 2.24) is 25.1 Å². The number of amides is 1. The van der Waals surface area contributed by atoms with Crippen molar-refractivity contribution in [3.05, 3.63) is 41.5 Å². The Morgan fingerprint density at radius 2 is 2.05 bits per heavy atom. The molecule has 3 aliphatic heterocycles. The molecule has 1 amide bonds. The average Bonchev–Trinajstić information content (AvgIpc) is 3.29. The number of carbonyl (C=O) groups excluding carboxylic acids is 1. The number of halogens is 1. The number of fused-ring (bicyclic) bond motifs is 1. The van der Waals surface area contributed by atoms with Crippen LogP contribution in [0.1, 0.15) is 47.6 Å². The van der Waals surface area contributed by atoms with Crippen LogP contribution in [0.25, 0.3) is 11.0 Å². The lowest BCUT2D eigenvalue weighted by Crippen LogP contribution is -2.37. The molecular weight excluding hydrogens is 473 g/mol. The minimum absolute atomic E-state index is 0.0124. The first-order valence-electron chi connectivity index (χ1n) is 13.2. The zero-order chi connectivity index (χ0) is 25.8. The van der Waals surface area contributed by atoms with Gasteiger partial charge < -0.3 is 19.9 Å². The number of likely N-dealkylation sites (tertiary alicyclic amines) is 1. The van der Waals surface area contributed by atoms with Crippen LogP contribution in [-0.2, 0) is 4.74 Å². The first-order chi connectivity index (χ1) is 18.0. The van der Waals surface area contributed by atoms with Crippen LogP contribution in [0.4, 0.5) is 10.2 Å². The molecule has 0 saturated carbocycles. The van der Waals surface area contributed by atoms with E-state index < -0.39 is 5.95 Å². The summed E-state index contributed by atoms with van der Waals surface area (Å²) in [6.07, 6.45) is 8.52. The van der Waals surface area contributed by atoms with Crippen molar-refractivity contribution in [2.24, 2.45) is 4.99 Å². The molecular formula is C27H36FN7O2. The number of rotatable bonds is 7. The maximum Gasteiger partial charge on any atom is 0.251 e. The van der Waals surface area contributed by atoms with E-state index in [1.807, 2.05) is 31.1 Å². The van der Waals surface area contributed by atoms with Crippen molar-refractivity contribution in [3.63, 3.8) is 0 Å². The van der Waals surface area contributed by atoms with Gasteiger partial charge in [0.1, 0.15) is 5.82 Å². The molecule has 37 heavy (non-hydrogen) atoms. The summed E-state index contributed by atoms with van der Waals surface area (Å²) in [6, 6.07) is 3.76. The Kier molecular flexibility index (Phi) is 8.07. The number of morpholine rings is 1. The Morgan fingerprint density at radius 3 is 2.86 bits per heavy atom. The number of likely N-dealkylation sites (N-methyl/N-ethyl adjacent to an activating group) is 1. The lowest BCUT2D eigenvalue weighted by Gasteiger charge is -2.32. The topological polar surface area (TPSA) is 86.2 Å². The largest absolute Gasteiger partial charge is 0.378 e. The smallest absolute Gasteiger partial charge is 0.251 e. The fourth-order valence-corrected chi connectivity index (χ4v) is 5.42. The molecule has 0 aliphatic carbocycles. The highest BCUT2D eigenvalue weighted by Gasteiger charge is 2.33. The standard InChI is InChI=1S/C27H36FN7O2/c1-33(2)10-8-30-27(36)19-15-21(23-6-4-9-35(23)20-5-3-7-29-24(28)17-20)26-22(16-19)31-18-25(32-26)34-11-13-37-14-12-34/h7,15-18,20,23H,3-6,8-14H2,1-2H3,(H,30,36). The molecule has 2 atom stereocenters. The van der Waals surface area contributed by atoms with Crippen molar-refractivity contribution < 1.29 is 13.9 Å². The van der Waals surface area contributed by atoms with E-state index in [2.05, 4.69) is 20.1 Å². The monoisotopic (exact) mass is 509 g/mol. The molecule has 5 rings (SSSR count). The molecule has 2 fully saturated rings. The van der Waals surface area contributed by atoms with Gasteiger partial charge >= 0.3 is 0 Å². The van der Waals surface area contributed by atoms with E-state index in [0.717, 1.165) is 68.8 Å². The highest BCUT2D eigenvalue weighted by Crippen LogP contribution is 2.39. The fraction of sp³-hybridized carbons (Fsp3) is 0.556. The molecule has 10 heteroatoms. The van der Waals surface area contributed by atoms with Gasteiger partial charge in [-0.15, -0.1) is 0 Å². The van der Waals surface area contributed by atoms with E-state index in [0.29, 0.717) is 30.8 Å². The molecule has 2 saturated heterocycles. The molecule has 4 heterocycles. The van der Waals surface area contributed by atoms with Crippen LogP contribution in [0.5, 0.6) is 0 Å². The van der Waals surface area contributed by atoms with Crippen LogP contribution in [0, 0.1) is 0 Å². The van der Waals surface area contributed by atoms with Gasteiger partial charge in [0, 0.05) is 50.0 Å². The van der Waals surface area contributed by atoms with E-state index in [1.54, 1.807) is 18.5 Å². The molecule has 198 valence electrons. The first-order valence-corrected chi connectivity index (χ1v) is 13.2. The summed E-state index contributed by atoms with van der Waals surface area (Å²) < 4.78 is 19.8. The predicted molar refractivity (Wildman–Crippen MR) is 143 cm³/mol. The second-order valence-electron chi connectivity index (χ2n) is 10.2. The first kappa shape index (κ1) is 25.7. The van der Waals surface area contributed by atoms with Gasteiger partial charge in [0.15, 0.2) is 0 Å². The van der Waals surface area contributed by atoms with Gasteiger partial charge in [-0.1, -0.05) is 0 Å². The summed E-state index contributed by atoms with van der Waals surface area (Å²) in [5.74, 6) is 0.266. The third kappa shape index (κ3) is 5.97. The SMILES string of the molecule is CN(C)CCNC(=O)c1cc(C2CCCN2C2C=C(F)N=CCC2)c2nc(N3CCOCC3)cnc2c1. The lowest BCUT2D eigenvalue weighted by atomic mass is 9.97. The normalized spacial score (nSPS) is 22.9. The van der Waals surface area contributed by atoms with Crippen molar-refractivity contribution in [3.8, 4) is 0 Å². The third-order valence-corrected chi connectivity index (χ3v) is 7.32. The Hall–Kier alpha value is -2.95. The molecule has 1 aromatic carbocycles. The summed E-state index contributed by atoms with van der Waals surface area (Å²) in [7, 11) is 3.96. The van der Waals surface area contributed by atoms with E-state index in [9.17, 15) is 9.18 Å².